The summed E-state index contributed by atoms with van der Waals surface area (Å²) in [7, 11) is 0. The summed E-state index contributed by atoms with van der Waals surface area (Å²) in [5.74, 6) is -1.46. The summed E-state index contributed by atoms with van der Waals surface area (Å²) < 4.78 is 0. The first-order valence-electron chi connectivity index (χ1n) is 7.56. The van der Waals surface area contributed by atoms with Crippen LogP contribution in [-0.2, 0) is 10.2 Å². The van der Waals surface area contributed by atoms with Crippen LogP contribution in [0.3, 0.4) is 0 Å². The topological polar surface area (TPSA) is 54.4 Å². The van der Waals surface area contributed by atoms with Crippen LogP contribution in [-0.4, -0.2) is 16.9 Å². The normalized spacial score (nSPS) is 20.9. The summed E-state index contributed by atoms with van der Waals surface area (Å²) in [5.41, 5.74) is 0.156. The number of rotatable bonds is 5. The van der Waals surface area contributed by atoms with Gasteiger partial charge < -0.3 is 5.11 Å². The molecule has 1 atom stereocenters. The predicted molar refractivity (Wildman–Crippen MR) is 87.1 cm³/mol. The van der Waals surface area contributed by atoms with E-state index in [2.05, 4.69) is 20.8 Å². The molecule has 0 spiro atoms. The van der Waals surface area contributed by atoms with Crippen molar-refractivity contribution in [3.63, 3.8) is 0 Å². The molecule has 0 radical (unpaired) electrons. The second-order valence-electron chi connectivity index (χ2n) is 6.41. The molecule has 0 bridgehead atoms. The van der Waals surface area contributed by atoms with E-state index in [1.54, 1.807) is 30.4 Å². The lowest BCUT2D eigenvalue weighted by atomic mass is 9.75. The van der Waals surface area contributed by atoms with Crippen LogP contribution in [0, 0.1) is 5.41 Å². The van der Waals surface area contributed by atoms with E-state index in [1.807, 2.05) is 12.1 Å². The third-order valence-electron chi connectivity index (χ3n) is 4.67. The zero-order valence-corrected chi connectivity index (χ0v) is 13.3. The Bertz CT molecular complexity index is 635. The Labute approximate surface area is 131 Å². The first-order chi connectivity index (χ1) is 10.3. The monoisotopic (exact) mass is 298 g/mol. The first kappa shape index (κ1) is 16.2. The van der Waals surface area contributed by atoms with Crippen molar-refractivity contribution in [3.05, 3.63) is 59.7 Å². The Morgan fingerprint density at radius 1 is 1.18 bits per heavy atom. The van der Waals surface area contributed by atoms with Gasteiger partial charge >= 0.3 is 5.97 Å². The maximum absolute atomic E-state index is 12.7. The third kappa shape index (κ3) is 2.76. The molecule has 1 aliphatic carbocycles. The fraction of sp³-hybridized carbons (Fsp3) is 0.368. The summed E-state index contributed by atoms with van der Waals surface area (Å²) in [6.07, 6.45) is 7.79. The lowest BCUT2D eigenvalue weighted by molar-refractivity contribution is -0.143. The molecule has 1 aromatic rings. The van der Waals surface area contributed by atoms with E-state index in [9.17, 15) is 14.7 Å². The van der Waals surface area contributed by atoms with E-state index in [4.69, 9.17) is 0 Å². The molecular weight excluding hydrogens is 276 g/mol. The van der Waals surface area contributed by atoms with Crippen molar-refractivity contribution in [3.8, 4) is 0 Å². The highest BCUT2D eigenvalue weighted by atomic mass is 16.4. The van der Waals surface area contributed by atoms with Crippen LogP contribution in [0.5, 0.6) is 0 Å². The minimum atomic E-state index is -1.48. The lowest BCUT2D eigenvalue weighted by Crippen LogP contribution is -2.38. The van der Waals surface area contributed by atoms with Gasteiger partial charge in [-0.05, 0) is 23.8 Å². The molecule has 1 N–H and O–H groups in total. The van der Waals surface area contributed by atoms with Gasteiger partial charge in [0.1, 0.15) is 0 Å². The quantitative estimate of drug-likeness (QED) is 0.656. The van der Waals surface area contributed by atoms with Crippen molar-refractivity contribution >= 4 is 11.8 Å². The zero-order valence-electron chi connectivity index (χ0n) is 13.3. The van der Waals surface area contributed by atoms with Crippen LogP contribution in [0.1, 0.15) is 49.5 Å². The van der Waals surface area contributed by atoms with Crippen LogP contribution < -0.4 is 0 Å². The molecule has 1 aromatic carbocycles. The maximum Gasteiger partial charge on any atom is 0.321 e. The SMILES string of the molecule is CCC(C)(C)c1ccc(C(=O)C2(C(=O)O)C=CC=CC2)cc1. The number of benzene rings is 1. The van der Waals surface area contributed by atoms with Crippen LogP contribution >= 0.6 is 0 Å². The van der Waals surface area contributed by atoms with Gasteiger partial charge in [0, 0.05) is 5.56 Å². The Kier molecular flexibility index (Phi) is 4.36. The van der Waals surface area contributed by atoms with Crippen LogP contribution in [0.25, 0.3) is 0 Å². The van der Waals surface area contributed by atoms with E-state index in [-0.39, 0.29) is 17.6 Å². The van der Waals surface area contributed by atoms with E-state index in [0.29, 0.717) is 5.56 Å². The highest BCUT2D eigenvalue weighted by Gasteiger charge is 2.43. The van der Waals surface area contributed by atoms with Crippen molar-refractivity contribution < 1.29 is 14.7 Å². The van der Waals surface area contributed by atoms with Gasteiger partial charge in [0.15, 0.2) is 11.2 Å². The highest BCUT2D eigenvalue weighted by Crippen LogP contribution is 2.33. The van der Waals surface area contributed by atoms with Gasteiger partial charge in [-0.15, -0.1) is 0 Å². The molecule has 116 valence electrons. The third-order valence-corrected chi connectivity index (χ3v) is 4.67. The minimum absolute atomic E-state index is 0.0412. The zero-order chi connectivity index (χ0) is 16.4. The number of ketones is 1. The van der Waals surface area contributed by atoms with Gasteiger partial charge in [-0.2, -0.15) is 0 Å². The van der Waals surface area contributed by atoms with Crippen molar-refractivity contribution in [2.24, 2.45) is 5.41 Å². The van der Waals surface area contributed by atoms with Gasteiger partial charge in [0.2, 0.25) is 0 Å². The number of aliphatic carboxylic acids is 1. The second-order valence-corrected chi connectivity index (χ2v) is 6.41. The molecular formula is C19H22O3. The first-order valence-corrected chi connectivity index (χ1v) is 7.56. The molecule has 3 nitrogen and oxygen atoms in total. The molecule has 0 aromatic heterocycles. The van der Waals surface area contributed by atoms with Gasteiger partial charge in [-0.3, -0.25) is 9.59 Å². The van der Waals surface area contributed by atoms with E-state index in [0.717, 1.165) is 12.0 Å². The summed E-state index contributed by atoms with van der Waals surface area (Å²) in [4.78, 5) is 24.4. The molecule has 0 fully saturated rings. The van der Waals surface area contributed by atoms with Gasteiger partial charge in [0.05, 0.1) is 0 Å². The van der Waals surface area contributed by atoms with Gasteiger partial charge in [-0.1, -0.05) is 69.3 Å². The number of Topliss-reactive ketones (excluding diaryl/α,β-unsaturated/α-hetero) is 1. The Morgan fingerprint density at radius 2 is 1.82 bits per heavy atom. The smallest absolute Gasteiger partial charge is 0.321 e. The van der Waals surface area contributed by atoms with Crippen molar-refractivity contribution in [2.45, 2.75) is 39.0 Å². The average molecular weight is 298 g/mol. The van der Waals surface area contributed by atoms with E-state index < -0.39 is 11.4 Å². The van der Waals surface area contributed by atoms with E-state index in [1.165, 1.54) is 6.08 Å². The summed E-state index contributed by atoms with van der Waals surface area (Å²) >= 11 is 0. The highest BCUT2D eigenvalue weighted by molar-refractivity contribution is 6.14. The molecule has 0 saturated carbocycles. The van der Waals surface area contributed by atoms with Crippen molar-refractivity contribution in [1.29, 1.82) is 0 Å². The van der Waals surface area contributed by atoms with Crippen molar-refractivity contribution in [2.75, 3.05) is 0 Å². The maximum atomic E-state index is 12.7. The molecule has 3 heteroatoms. The summed E-state index contributed by atoms with van der Waals surface area (Å²) in [5, 5.41) is 9.54. The standard InChI is InChI=1S/C19H22O3/c1-4-18(2,3)15-10-8-14(9-11-15)16(20)19(17(21)22)12-6-5-7-13-19/h5-12H,4,13H2,1-3H3,(H,21,22). The van der Waals surface area contributed by atoms with Gasteiger partial charge in [-0.25, -0.2) is 0 Å². The fourth-order valence-corrected chi connectivity index (χ4v) is 2.58. The summed E-state index contributed by atoms with van der Waals surface area (Å²) in [6.45, 7) is 6.42. The lowest BCUT2D eigenvalue weighted by Gasteiger charge is -2.26. The molecule has 0 heterocycles. The number of carboxylic acid groups (broad SMARTS) is 1. The molecule has 1 aliphatic rings. The largest absolute Gasteiger partial charge is 0.480 e. The molecule has 22 heavy (non-hydrogen) atoms. The molecule has 0 saturated heterocycles. The number of hydrogen-bond donors (Lipinski definition) is 1. The Morgan fingerprint density at radius 3 is 2.27 bits per heavy atom. The molecule has 0 aliphatic heterocycles. The van der Waals surface area contributed by atoms with Crippen LogP contribution in [0.4, 0.5) is 0 Å². The molecule has 1 unspecified atom stereocenters. The number of hydrogen-bond acceptors (Lipinski definition) is 2. The second kappa shape index (κ2) is 5.91. The summed E-state index contributed by atoms with van der Waals surface area (Å²) in [6, 6.07) is 7.33. The van der Waals surface area contributed by atoms with Gasteiger partial charge in [0.25, 0.3) is 0 Å². The Hall–Kier alpha value is -2.16. The average Bonchev–Trinajstić information content (AvgIpc) is 2.54. The number of allylic oxidation sites excluding steroid dienone is 3. The fourth-order valence-electron chi connectivity index (χ4n) is 2.58. The number of carbonyl (C=O) groups is 2. The number of carboxylic acids is 1. The van der Waals surface area contributed by atoms with Crippen LogP contribution in [0.15, 0.2) is 48.6 Å². The number of carbonyl (C=O) groups excluding carboxylic acids is 1. The van der Waals surface area contributed by atoms with E-state index >= 15 is 0 Å². The van der Waals surface area contributed by atoms with Crippen molar-refractivity contribution in [1.82, 2.24) is 0 Å². The molecule has 0 amide bonds. The van der Waals surface area contributed by atoms with Crippen LogP contribution in [0.2, 0.25) is 0 Å². The Balaban J connectivity index is 2.35. The minimum Gasteiger partial charge on any atom is -0.480 e. The molecule has 2 rings (SSSR count). The predicted octanol–water partition coefficient (Wildman–Crippen LogP) is 4.14.